The molecule has 118 valence electrons. The summed E-state index contributed by atoms with van der Waals surface area (Å²) in [5.74, 6) is 5.78. The molecule has 1 aromatic carbocycles. The van der Waals surface area contributed by atoms with Gasteiger partial charge in [0, 0.05) is 12.6 Å². The lowest BCUT2D eigenvalue weighted by Gasteiger charge is -2.54. The van der Waals surface area contributed by atoms with Gasteiger partial charge in [0.1, 0.15) is 13.2 Å². The Balaban J connectivity index is 1.27. The van der Waals surface area contributed by atoms with Crippen LogP contribution in [0, 0.1) is 23.7 Å². The van der Waals surface area contributed by atoms with Crippen LogP contribution in [0.5, 0.6) is 11.5 Å². The Morgan fingerprint density at radius 2 is 1.55 bits per heavy atom. The first-order valence-corrected chi connectivity index (χ1v) is 8.97. The average Bonchev–Trinajstić information content (AvgIpc) is 2.53. The van der Waals surface area contributed by atoms with E-state index < -0.39 is 0 Å². The van der Waals surface area contributed by atoms with Gasteiger partial charge in [-0.2, -0.15) is 0 Å². The van der Waals surface area contributed by atoms with Crippen molar-refractivity contribution >= 4 is 0 Å². The average molecular weight is 299 g/mol. The molecule has 1 aliphatic heterocycles. The maximum Gasteiger partial charge on any atom is 0.161 e. The molecule has 3 heteroatoms. The number of ether oxygens (including phenoxy) is 2. The van der Waals surface area contributed by atoms with Crippen molar-refractivity contribution in [3.8, 4) is 11.5 Å². The van der Waals surface area contributed by atoms with Crippen LogP contribution in [-0.4, -0.2) is 19.3 Å². The van der Waals surface area contributed by atoms with Crippen molar-refractivity contribution in [1.82, 2.24) is 5.32 Å². The first-order chi connectivity index (χ1) is 10.8. The Morgan fingerprint density at radius 3 is 2.27 bits per heavy atom. The zero-order valence-corrected chi connectivity index (χ0v) is 13.1. The van der Waals surface area contributed by atoms with Crippen LogP contribution in [0.2, 0.25) is 0 Å². The molecule has 0 radical (unpaired) electrons. The van der Waals surface area contributed by atoms with Gasteiger partial charge in [0.2, 0.25) is 0 Å². The summed E-state index contributed by atoms with van der Waals surface area (Å²) in [5, 5.41) is 3.89. The summed E-state index contributed by atoms with van der Waals surface area (Å²) < 4.78 is 11.3. The minimum absolute atomic E-state index is 0.665. The molecular formula is C19H25NO2. The van der Waals surface area contributed by atoms with Gasteiger partial charge in [0.05, 0.1) is 0 Å². The fourth-order valence-corrected chi connectivity index (χ4v) is 5.69. The maximum absolute atomic E-state index is 5.70. The number of hydrogen-bond acceptors (Lipinski definition) is 3. The topological polar surface area (TPSA) is 30.5 Å². The van der Waals surface area contributed by atoms with Gasteiger partial charge in [0.15, 0.2) is 11.5 Å². The zero-order valence-electron chi connectivity index (χ0n) is 13.1. The van der Waals surface area contributed by atoms with Crippen molar-refractivity contribution in [2.45, 2.75) is 44.7 Å². The summed E-state index contributed by atoms with van der Waals surface area (Å²) in [7, 11) is 0. The molecule has 0 amide bonds. The Kier molecular flexibility index (Phi) is 3.10. The molecule has 0 unspecified atom stereocenters. The van der Waals surface area contributed by atoms with E-state index in [0.29, 0.717) is 13.2 Å². The van der Waals surface area contributed by atoms with Crippen molar-refractivity contribution in [3.05, 3.63) is 23.8 Å². The van der Waals surface area contributed by atoms with E-state index in [-0.39, 0.29) is 0 Å². The highest BCUT2D eigenvalue weighted by molar-refractivity contribution is 5.43. The lowest BCUT2D eigenvalue weighted by molar-refractivity contribution is -0.0142. The van der Waals surface area contributed by atoms with Crippen LogP contribution in [0.4, 0.5) is 0 Å². The second-order valence-electron chi connectivity index (χ2n) is 7.82. The van der Waals surface area contributed by atoms with Crippen LogP contribution < -0.4 is 14.8 Å². The predicted molar refractivity (Wildman–Crippen MR) is 85.1 cm³/mol. The maximum atomic E-state index is 5.70. The summed E-state index contributed by atoms with van der Waals surface area (Å²) in [6.45, 7) is 2.29. The third-order valence-corrected chi connectivity index (χ3v) is 6.38. The molecule has 6 rings (SSSR count). The molecule has 0 atom stereocenters. The Morgan fingerprint density at radius 1 is 0.864 bits per heavy atom. The van der Waals surface area contributed by atoms with E-state index in [1.165, 1.54) is 37.7 Å². The van der Waals surface area contributed by atoms with E-state index in [2.05, 4.69) is 23.5 Å². The fraction of sp³-hybridized carbons (Fsp3) is 0.684. The van der Waals surface area contributed by atoms with Crippen molar-refractivity contribution in [1.29, 1.82) is 0 Å². The second kappa shape index (κ2) is 5.16. The van der Waals surface area contributed by atoms with Crippen LogP contribution in [0.15, 0.2) is 18.2 Å². The van der Waals surface area contributed by atoms with Crippen LogP contribution >= 0.6 is 0 Å². The van der Waals surface area contributed by atoms with Crippen LogP contribution in [0.25, 0.3) is 0 Å². The van der Waals surface area contributed by atoms with Crippen LogP contribution in [0.3, 0.4) is 0 Å². The number of rotatable bonds is 3. The van der Waals surface area contributed by atoms with Gasteiger partial charge in [-0.3, -0.25) is 0 Å². The number of hydrogen-bond donors (Lipinski definition) is 1. The largest absolute Gasteiger partial charge is 0.486 e. The van der Waals surface area contributed by atoms with Gasteiger partial charge < -0.3 is 14.8 Å². The molecule has 0 spiro atoms. The van der Waals surface area contributed by atoms with Gasteiger partial charge in [-0.05, 0) is 73.5 Å². The first-order valence-electron chi connectivity index (χ1n) is 8.97. The summed E-state index contributed by atoms with van der Waals surface area (Å²) in [5.41, 5.74) is 1.32. The van der Waals surface area contributed by atoms with Gasteiger partial charge in [-0.15, -0.1) is 0 Å². The lowest BCUT2D eigenvalue weighted by atomic mass is 9.54. The highest BCUT2D eigenvalue weighted by Gasteiger charge is 2.47. The molecule has 22 heavy (non-hydrogen) atoms. The van der Waals surface area contributed by atoms with E-state index in [4.69, 9.17) is 9.47 Å². The lowest BCUT2D eigenvalue weighted by Crippen LogP contribution is -2.54. The molecule has 0 saturated heterocycles. The molecule has 4 aliphatic carbocycles. The zero-order chi connectivity index (χ0) is 14.5. The van der Waals surface area contributed by atoms with Gasteiger partial charge >= 0.3 is 0 Å². The second-order valence-corrected chi connectivity index (χ2v) is 7.82. The molecule has 4 saturated carbocycles. The van der Waals surface area contributed by atoms with E-state index in [1.807, 2.05) is 0 Å². The van der Waals surface area contributed by atoms with Gasteiger partial charge in [0.25, 0.3) is 0 Å². The van der Waals surface area contributed by atoms with Gasteiger partial charge in [-0.25, -0.2) is 0 Å². The van der Waals surface area contributed by atoms with Crippen LogP contribution in [0.1, 0.15) is 37.7 Å². The molecule has 4 bridgehead atoms. The van der Waals surface area contributed by atoms with Crippen molar-refractivity contribution in [3.63, 3.8) is 0 Å². The molecular weight excluding hydrogens is 274 g/mol. The van der Waals surface area contributed by atoms with E-state index in [0.717, 1.165) is 47.8 Å². The third-order valence-electron chi connectivity index (χ3n) is 6.38. The van der Waals surface area contributed by atoms with E-state index >= 15 is 0 Å². The SMILES string of the molecule is c1cc2c(cc1CNC1C3CC4CC(C3)CC1C4)OCCO2. The summed E-state index contributed by atoms with van der Waals surface area (Å²) in [4.78, 5) is 0. The normalized spacial score (nSPS) is 38.3. The predicted octanol–water partition coefficient (Wildman–Crippen LogP) is 3.37. The summed E-state index contributed by atoms with van der Waals surface area (Å²) in [6.07, 6.45) is 7.44. The molecule has 0 aromatic heterocycles. The molecule has 4 fully saturated rings. The smallest absolute Gasteiger partial charge is 0.161 e. The molecule has 1 heterocycles. The highest BCUT2D eigenvalue weighted by Crippen LogP contribution is 2.53. The minimum Gasteiger partial charge on any atom is -0.486 e. The standard InChI is InChI=1S/C19H25NO2/c1-2-17-18(22-4-3-21-17)10-12(1)11-20-19-15-6-13-5-14(8-15)9-16(19)7-13/h1-2,10,13-16,19-20H,3-9,11H2. The quantitative estimate of drug-likeness (QED) is 0.928. The molecule has 5 aliphatic rings. The molecule has 1 aromatic rings. The minimum atomic E-state index is 0.665. The monoisotopic (exact) mass is 299 g/mol. The highest BCUT2D eigenvalue weighted by atomic mass is 16.6. The molecule has 3 nitrogen and oxygen atoms in total. The van der Waals surface area contributed by atoms with Crippen molar-refractivity contribution < 1.29 is 9.47 Å². The first kappa shape index (κ1) is 13.2. The number of fused-ring (bicyclic) bond motifs is 1. The Bertz CT molecular complexity index is 543. The van der Waals surface area contributed by atoms with Gasteiger partial charge in [-0.1, -0.05) is 6.07 Å². The Hall–Kier alpha value is -1.22. The summed E-state index contributed by atoms with van der Waals surface area (Å²) in [6, 6.07) is 7.14. The van der Waals surface area contributed by atoms with Crippen LogP contribution in [-0.2, 0) is 6.54 Å². The number of benzene rings is 1. The summed E-state index contributed by atoms with van der Waals surface area (Å²) >= 11 is 0. The Labute approximate surface area is 132 Å². The van der Waals surface area contributed by atoms with E-state index in [9.17, 15) is 0 Å². The fourth-order valence-electron chi connectivity index (χ4n) is 5.69. The molecule has 1 N–H and O–H groups in total. The van der Waals surface area contributed by atoms with E-state index in [1.54, 1.807) is 0 Å². The van der Waals surface area contributed by atoms with Crippen molar-refractivity contribution in [2.75, 3.05) is 13.2 Å². The third kappa shape index (κ3) is 2.21. The number of nitrogens with one attached hydrogen (secondary N) is 1. The van der Waals surface area contributed by atoms with Crippen molar-refractivity contribution in [2.24, 2.45) is 23.7 Å².